The Morgan fingerprint density at radius 2 is 1.54 bits per heavy atom. The summed E-state index contributed by atoms with van der Waals surface area (Å²) in [5.74, 6) is 0.329. The summed E-state index contributed by atoms with van der Waals surface area (Å²) in [7, 11) is 0. The number of fused-ring (bicyclic) bond motifs is 1. The van der Waals surface area contributed by atoms with E-state index in [2.05, 4.69) is 38.5 Å². The highest BCUT2D eigenvalue weighted by Crippen LogP contribution is 2.29. The second-order valence-electron chi connectivity index (χ2n) is 6.37. The van der Waals surface area contributed by atoms with Crippen molar-refractivity contribution in [3.8, 4) is 5.75 Å². The van der Waals surface area contributed by atoms with E-state index in [1.165, 1.54) is 0 Å². The van der Waals surface area contributed by atoms with Crippen LogP contribution in [0.15, 0.2) is 76.8 Å². The second kappa shape index (κ2) is 8.01. The Kier molecular flexibility index (Phi) is 5.46. The van der Waals surface area contributed by atoms with Gasteiger partial charge in [-0.25, -0.2) is 0 Å². The minimum absolute atomic E-state index is 0.209. The number of rotatable bonds is 4. The van der Waals surface area contributed by atoms with Crippen LogP contribution in [0, 0.1) is 3.57 Å². The molecule has 3 nitrogen and oxygen atoms in total. The molecular weight excluding hydrogens is 531 g/mol. The van der Waals surface area contributed by atoms with Gasteiger partial charge >= 0.3 is 0 Å². The summed E-state index contributed by atoms with van der Waals surface area (Å²) in [6.07, 6.45) is 1.66. The van der Waals surface area contributed by atoms with Crippen molar-refractivity contribution in [1.82, 2.24) is 0 Å². The fourth-order valence-electron chi connectivity index (χ4n) is 3.04. The Hall–Kier alpha value is -2.25. The van der Waals surface area contributed by atoms with E-state index < -0.39 is 0 Å². The molecule has 1 aliphatic rings. The third-order valence-electron chi connectivity index (χ3n) is 4.48. The molecule has 0 aliphatic heterocycles. The Labute approximate surface area is 184 Å². The molecule has 0 heterocycles. The number of benzene rings is 3. The molecule has 28 heavy (non-hydrogen) atoms. The van der Waals surface area contributed by atoms with Gasteiger partial charge in [0.25, 0.3) is 0 Å². The number of carbonyl (C=O) groups excluding carboxylic acids is 2. The van der Waals surface area contributed by atoms with Crippen molar-refractivity contribution in [3.05, 3.63) is 103 Å². The van der Waals surface area contributed by atoms with E-state index >= 15 is 0 Å². The highest BCUT2D eigenvalue weighted by molar-refractivity contribution is 14.1. The SMILES string of the molecule is O=C1C(=Cc2ccc(OCc3ccc(Br)cc3)c(I)c2)C(=O)c2ccccc21. The number of ketones is 2. The van der Waals surface area contributed by atoms with Crippen LogP contribution in [0.4, 0.5) is 0 Å². The lowest BCUT2D eigenvalue weighted by Crippen LogP contribution is -2.00. The summed E-state index contributed by atoms with van der Waals surface area (Å²) >= 11 is 5.62. The summed E-state index contributed by atoms with van der Waals surface area (Å²) in [6, 6.07) is 20.5. The minimum Gasteiger partial charge on any atom is -0.488 e. The fraction of sp³-hybridized carbons (Fsp3) is 0.0435. The number of allylic oxidation sites excluding steroid dienone is 1. The lowest BCUT2D eigenvalue weighted by molar-refractivity contribution is 0.0990. The van der Waals surface area contributed by atoms with Crippen LogP contribution < -0.4 is 4.74 Å². The van der Waals surface area contributed by atoms with Gasteiger partial charge in [0.2, 0.25) is 0 Å². The van der Waals surface area contributed by atoms with Gasteiger partial charge in [0.1, 0.15) is 12.4 Å². The monoisotopic (exact) mass is 544 g/mol. The van der Waals surface area contributed by atoms with Gasteiger partial charge in [0.05, 0.1) is 9.14 Å². The van der Waals surface area contributed by atoms with Gasteiger partial charge in [-0.05, 0) is 64.1 Å². The summed E-state index contributed by atoms with van der Waals surface area (Å²) in [4.78, 5) is 25.1. The van der Waals surface area contributed by atoms with Crippen LogP contribution >= 0.6 is 38.5 Å². The molecule has 3 aromatic carbocycles. The van der Waals surface area contributed by atoms with Gasteiger partial charge in [-0.3, -0.25) is 9.59 Å². The second-order valence-corrected chi connectivity index (χ2v) is 8.44. The van der Waals surface area contributed by atoms with Crippen LogP contribution in [0.3, 0.4) is 0 Å². The predicted octanol–water partition coefficient (Wildman–Crippen LogP) is 6.10. The molecule has 1 aliphatic carbocycles. The lowest BCUT2D eigenvalue weighted by Gasteiger charge is -2.09. The summed E-state index contributed by atoms with van der Waals surface area (Å²) in [5.41, 5.74) is 3.03. The van der Waals surface area contributed by atoms with Gasteiger partial charge in [0, 0.05) is 15.6 Å². The van der Waals surface area contributed by atoms with E-state index in [0.717, 1.165) is 24.9 Å². The molecule has 0 aromatic heterocycles. The van der Waals surface area contributed by atoms with Crippen molar-refractivity contribution >= 4 is 56.2 Å². The Bertz CT molecular complexity index is 1080. The zero-order valence-corrected chi connectivity index (χ0v) is 18.4. The van der Waals surface area contributed by atoms with Gasteiger partial charge in [-0.2, -0.15) is 0 Å². The van der Waals surface area contributed by atoms with Crippen molar-refractivity contribution < 1.29 is 14.3 Å². The molecule has 0 saturated carbocycles. The molecule has 0 saturated heterocycles. The summed E-state index contributed by atoms with van der Waals surface area (Å²) < 4.78 is 7.85. The molecule has 0 radical (unpaired) electrons. The smallest absolute Gasteiger partial charge is 0.197 e. The van der Waals surface area contributed by atoms with Crippen molar-refractivity contribution in [1.29, 1.82) is 0 Å². The van der Waals surface area contributed by atoms with Crippen molar-refractivity contribution in [2.75, 3.05) is 0 Å². The first kappa shape index (κ1) is 19.1. The molecule has 0 atom stereocenters. The maximum atomic E-state index is 12.5. The number of halogens is 2. The van der Waals surface area contributed by atoms with Gasteiger partial charge in [0.15, 0.2) is 11.6 Å². The molecule has 0 bridgehead atoms. The van der Waals surface area contributed by atoms with E-state index in [1.807, 2.05) is 42.5 Å². The van der Waals surface area contributed by atoms with Crippen LogP contribution in [0.2, 0.25) is 0 Å². The van der Waals surface area contributed by atoms with Crippen molar-refractivity contribution in [2.24, 2.45) is 0 Å². The normalized spacial score (nSPS) is 12.9. The molecule has 0 N–H and O–H groups in total. The number of Topliss-reactive ketones (excluding diaryl/α,β-unsaturated/α-hetero) is 2. The highest BCUT2D eigenvalue weighted by Gasteiger charge is 2.32. The first-order chi connectivity index (χ1) is 13.5. The maximum absolute atomic E-state index is 12.5. The van der Waals surface area contributed by atoms with Crippen LogP contribution in [0.5, 0.6) is 5.75 Å². The van der Waals surface area contributed by atoms with E-state index in [0.29, 0.717) is 17.7 Å². The van der Waals surface area contributed by atoms with Crippen LogP contribution in [0.25, 0.3) is 6.08 Å². The largest absolute Gasteiger partial charge is 0.488 e. The standard InChI is InChI=1S/C23H14BrIO3/c24-16-8-5-14(6-9-16)13-28-21-10-7-15(12-20(21)25)11-19-22(26)17-3-1-2-4-18(17)23(19)27/h1-12H,13H2. The Balaban J connectivity index is 1.54. The van der Waals surface area contributed by atoms with Gasteiger partial charge < -0.3 is 4.74 Å². The predicted molar refractivity (Wildman–Crippen MR) is 121 cm³/mol. The first-order valence-electron chi connectivity index (χ1n) is 8.60. The third-order valence-corrected chi connectivity index (χ3v) is 5.85. The van der Waals surface area contributed by atoms with Crippen LogP contribution in [0.1, 0.15) is 31.8 Å². The molecule has 0 spiro atoms. The van der Waals surface area contributed by atoms with Gasteiger partial charge in [-0.15, -0.1) is 0 Å². The highest BCUT2D eigenvalue weighted by atomic mass is 127. The molecule has 138 valence electrons. The van der Waals surface area contributed by atoms with E-state index in [4.69, 9.17) is 4.74 Å². The molecular formula is C23H14BrIO3. The maximum Gasteiger partial charge on any atom is 0.197 e. The number of hydrogen-bond acceptors (Lipinski definition) is 3. The van der Waals surface area contributed by atoms with Crippen LogP contribution in [-0.4, -0.2) is 11.6 Å². The molecule has 0 unspecified atom stereocenters. The van der Waals surface area contributed by atoms with E-state index in [9.17, 15) is 9.59 Å². The lowest BCUT2D eigenvalue weighted by atomic mass is 10.1. The van der Waals surface area contributed by atoms with Crippen molar-refractivity contribution in [3.63, 3.8) is 0 Å². The van der Waals surface area contributed by atoms with E-state index in [-0.39, 0.29) is 17.1 Å². The summed E-state index contributed by atoms with van der Waals surface area (Å²) in [5, 5.41) is 0. The Morgan fingerprint density at radius 3 is 2.14 bits per heavy atom. The van der Waals surface area contributed by atoms with E-state index in [1.54, 1.807) is 30.3 Å². The third kappa shape index (κ3) is 3.82. The molecule has 0 amide bonds. The molecule has 4 rings (SSSR count). The van der Waals surface area contributed by atoms with Crippen molar-refractivity contribution in [2.45, 2.75) is 6.61 Å². The quantitative estimate of drug-likeness (QED) is 0.226. The fourth-order valence-corrected chi connectivity index (χ4v) is 4.00. The topological polar surface area (TPSA) is 43.4 Å². The summed E-state index contributed by atoms with van der Waals surface area (Å²) in [6.45, 7) is 0.468. The zero-order chi connectivity index (χ0) is 19.7. The average molecular weight is 545 g/mol. The number of hydrogen-bond donors (Lipinski definition) is 0. The number of ether oxygens (including phenoxy) is 1. The van der Waals surface area contributed by atoms with Gasteiger partial charge in [-0.1, -0.05) is 58.4 Å². The zero-order valence-electron chi connectivity index (χ0n) is 14.6. The minimum atomic E-state index is -0.217. The first-order valence-corrected chi connectivity index (χ1v) is 10.5. The number of carbonyl (C=O) groups is 2. The average Bonchev–Trinajstić information content (AvgIpc) is 2.94. The molecule has 0 fully saturated rings. The molecule has 5 heteroatoms. The molecule has 3 aromatic rings. The Morgan fingerprint density at radius 1 is 0.893 bits per heavy atom. The van der Waals surface area contributed by atoms with Crippen LogP contribution in [-0.2, 0) is 6.61 Å².